The topological polar surface area (TPSA) is 105 Å². The summed E-state index contributed by atoms with van der Waals surface area (Å²) in [6.07, 6.45) is 1.29. The zero-order chi connectivity index (χ0) is 31.5. The van der Waals surface area contributed by atoms with Crippen molar-refractivity contribution in [3.05, 3.63) is 120 Å². The summed E-state index contributed by atoms with van der Waals surface area (Å²) < 4.78 is 38.3. The number of anilines is 1. The quantitative estimate of drug-likeness (QED) is 0.213. The van der Waals surface area contributed by atoms with Crippen LogP contribution in [0.2, 0.25) is 0 Å². The average molecular weight is 616 g/mol. The minimum Gasteiger partial charge on any atom is -0.497 e. The first-order chi connectivity index (χ1) is 21.2. The van der Waals surface area contributed by atoms with Gasteiger partial charge in [0.1, 0.15) is 29.8 Å². The van der Waals surface area contributed by atoms with Crippen LogP contribution in [0.4, 0.5) is 5.69 Å². The number of nitrogens with one attached hydrogen (secondary N) is 1. The van der Waals surface area contributed by atoms with Gasteiger partial charge in [0.25, 0.3) is 0 Å². The minimum absolute atomic E-state index is 0.0616. The highest BCUT2D eigenvalue weighted by atomic mass is 32.2. The molecule has 4 aromatic carbocycles. The first-order valence-electron chi connectivity index (χ1n) is 14.2. The third-order valence-electron chi connectivity index (χ3n) is 6.89. The van der Waals surface area contributed by atoms with Gasteiger partial charge in [-0.05, 0) is 66.6 Å². The molecule has 4 aromatic rings. The van der Waals surface area contributed by atoms with Gasteiger partial charge >= 0.3 is 0 Å². The molecule has 0 fully saturated rings. The van der Waals surface area contributed by atoms with E-state index >= 15 is 0 Å². The van der Waals surface area contributed by atoms with Crippen LogP contribution in [0.25, 0.3) is 0 Å². The van der Waals surface area contributed by atoms with Crippen molar-refractivity contribution in [1.29, 1.82) is 0 Å². The SMILES string of the molecule is CCNC(=O)[C@@H](Cc1ccccc1)N(Cc1cccc(OC)c1)C(=O)CN(c1ccc(Oc2ccccc2)cc1)S(C)(=O)=O. The number of sulfonamides is 1. The largest absolute Gasteiger partial charge is 0.497 e. The first kappa shape index (κ1) is 32.1. The summed E-state index contributed by atoms with van der Waals surface area (Å²) in [4.78, 5) is 29.1. The molecule has 0 heterocycles. The van der Waals surface area contributed by atoms with E-state index in [1.807, 2.05) is 73.7 Å². The van der Waals surface area contributed by atoms with Crippen molar-refractivity contribution in [2.24, 2.45) is 0 Å². The van der Waals surface area contributed by atoms with Crippen LogP contribution < -0.4 is 19.1 Å². The van der Waals surface area contributed by atoms with E-state index in [2.05, 4.69) is 5.32 Å². The van der Waals surface area contributed by atoms with Crippen molar-refractivity contribution in [2.75, 3.05) is 30.8 Å². The Morgan fingerprint density at radius 3 is 2.00 bits per heavy atom. The van der Waals surface area contributed by atoms with Crippen LogP contribution in [-0.2, 0) is 32.6 Å². The van der Waals surface area contributed by atoms with Gasteiger partial charge in [-0.1, -0.05) is 60.7 Å². The molecule has 0 aromatic heterocycles. The second kappa shape index (κ2) is 15.1. The monoisotopic (exact) mass is 615 g/mol. The molecule has 0 radical (unpaired) electrons. The zero-order valence-electron chi connectivity index (χ0n) is 25.1. The highest BCUT2D eigenvalue weighted by Gasteiger charge is 2.33. The lowest BCUT2D eigenvalue weighted by Crippen LogP contribution is -2.53. The number of nitrogens with zero attached hydrogens (tertiary/aromatic N) is 2. The maximum absolute atomic E-state index is 14.2. The number of ether oxygens (including phenoxy) is 2. The van der Waals surface area contributed by atoms with Crippen molar-refractivity contribution in [2.45, 2.75) is 25.9 Å². The molecule has 0 spiro atoms. The average Bonchev–Trinajstić information content (AvgIpc) is 3.02. The van der Waals surface area contributed by atoms with Gasteiger partial charge in [-0.25, -0.2) is 8.42 Å². The number of rotatable bonds is 14. The Morgan fingerprint density at radius 1 is 0.795 bits per heavy atom. The van der Waals surface area contributed by atoms with Crippen LogP contribution in [0, 0.1) is 0 Å². The number of hydrogen-bond acceptors (Lipinski definition) is 6. The lowest BCUT2D eigenvalue weighted by Gasteiger charge is -2.33. The van der Waals surface area contributed by atoms with Crippen LogP contribution in [0.5, 0.6) is 17.2 Å². The predicted octanol–water partition coefficient (Wildman–Crippen LogP) is 5.03. The fourth-order valence-electron chi connectivity index (χ4n) is 4.73. The van der Waals surface area contributed by atoms with Gasteiger partial charge in [-0.2, -0.15) is 0 Å². The summed E-state index contributed by atoms with van der Waals surface area (Å²) in [5, 5.41) is 2.85. The smallest absolute Gasteiger partial charge is 0.244 e. The molecule has 9 nitrogen and oxygen atoms in total. The highest BCUT2D eigenvalue weighted by molar-refractivity contribution is 7.92. The summed E-state index contributed by atoms with van der Waals surface area (Å²) in [6, 6.07) is 31.4. The molecule has 2 amide bonds. The van der Waals surface area contributed by atoms with Crippen molar-refractivity contribution in [1.82, 2.24) is 10.2 Å². The molecule has 1 N–H and O–H groups in total. The fraction of sp³-hybridized carbons (Fsp3) is 0.235. The lowest BCUT2D eigenvalue weighted by atomic mass is 10.0. The van der Waals surface area contributed by atoms with Crippen LogP contribution in [0.1, 0.15) is 18.1 Å². The molecule has 0 saturated heterocycles. The third kappa shape index (κ3) is 8.84. The molecule has 0 aliphatic carbocycles. The molecule has 0 bridgehead atoms. The lowest BCUT2D eigenvalue weighted by molar-refractivity contribution is -0.140. The Hall–Kier alpha value is -4.83. The Bertz CT molecular complexity index is 1630. The van der Waals surface area contributed by atoms with Gasteiger partial charge in [-0.15, -0.1) is 0 Å². The summed E-state index contributed by atoms with van der Waals surface area (Å²) in [5.74, 6) is 0.885. The fourth-order valence-corrected chi connectivity index (χ4v) is 5.58. The number of carbonyl (C=O) groups is 2. The molecule has 44 heavy (non-hydrogen) atoms. The van der Waals surface area contributed by atoms with Gasteiger partial charge in [0.2, 0.25) is 21.8 Å². The second-order valence-electron chi connectivity index (χ2n) is 10.2. The Labute approximate surface area is 259 Å². The molecule has 4 rings (SSSR count). The van der Waals surface area contributed by atoms with Crippen molar-refractivity contribution < 1.29 is 27.5 Å². The van der Waals surface area contributed by atoms with E-state index in [9.17, 15) is 18.0 Å². The summed E-state index contributed by atoms with van der Waals surface area (Å²) in [5.41, 5.74) is 1.88. The number of benzene rings is 4. The van der Waals surface area contributed by atoms with Gasteiger partial charge in [-0.3, -0.25) is 13.9 Å². The number of methoxy groups -OCH3 is 1. The zero-order valence-corrected chi connectivity index (χ0v) is 25.9. The van der Waals surface area contributed by atoms with E-state index in [-0.39, 0.29) is 18.9 Å². The number of carbonyl (C=O) groups excluding carboxylic acids is 2. The third-order valence-corrected chi connectivity index (χ3v) is 8.03. The van der Waals surface area contributed by atoms with E-state index in [0.29, 0.717) is 29.5 Å². The van der Waals surface area contributed by atoms with Gasteiger partial charge in [0.15, 0.2) is 0 Å². The van der Waals surface area contributed by atoms with Crippen LogP contribution >= 0.6 is 0 Å². The molecular weight excluding hydrogens is 578 g/mol. The van der Waals surface area contributed by atoms with Gasteiger partial charge in [0.05, 0.1) is 19.1 Å². The number of likely N-dealkylation sites (N-methyl/N-ethyl adjacent to an activating group) is 1. The van der Waals surface area contributed by atoms with Crippen LogP contribution in [0.15, 0.2) is 109 Å². The van der Waals surface area contributed by atoms with E-state index in [1.165, 1.54) is 4.90 Å². The second-order valence-corrected chi connectivity index (χ2v) is 12.1. The van der Waals surface area contributed by atoms with E-state index in [1.54, 1.807) is 49.6 Å². The highest BCUT2D eigenvalue weighted by Crippen LogP contribution is 2.26. The van der Waals surface area contributed by atoms with Gasteiger partial charge in [0, 0.05) is 19.5 Å². The van der Waals surface area contributed by atoms with E-state index in [4.69, 9.17) is 9.47 Å². The van der Waals surface area contributed by atoms with E-state index < -0.39 is 28.5 Å². The Kier molecular flexibility index (Phi) is 11.0. The Morgan fingerprint density at radius 2 is 1.39 bits per heavy atom. The summed E-state index contributed by atoms with van der Waals surface area (Å²) in [7, 11) is -2.34. The van der Waals surface area contributed by atoms with Crippen LogP contribution in [0.3, 0.4) is 0 Å². The standard InChI is InChI=1S/C34H37N3O6S/c1-4-35-34(39)32(23-26-12-7-5-8-13-26)36(24-27-14-11-17-31(22-27)42-2)33(38)25-37(44(3,40)41)28-18-20-30(21-19-28)43-29-15-9-6-10-16-29/h5-22,32H,4,23-25H2,1-3H3,(H,35,39)/t32-/m1/s1. The van der Waals surface area contributed by atoms with Gasteiger partial charge < -0.3 is 19.7 Å². The summed E-state index contributed by atoms with van der Waals surface area (Å²) in [6.45, 7) is 1.74. The number of hydrogen-bond donors (Lipinski definition) is 1. The normalized spacial score (nSPS) is 11.7. The predicted molar refractivity (Wildman–Crippen MR) is 171 cm³/mol. The molecule has 1 atom stereocenters. The van der Waals surface area contributed by atoms with E-state index in [0.717, 1.165) is 21.7 Å². The number of para-hydroxylation sites is 1. The van der Waals surface area contributed by atoms with Crippen molar-refractivity contribution in [3.63, 3.8) is 0 Å². The molecule has 10 heteroatoms. The number of amides is 2. The minimum atomic E-state index is -3.89. The first-order valence-corrected chi connectivity index (χ1v) is 16.1. The molecule has 0 aliphatic rings. The molecule has 0 aliphatic heterocycles. The van der Waals surface area contributed by atoms with Crippen LogP contribution in [-0.4, -0.2) is 57.6 Å². The molecule has 230 valence electrons. The maximum atomic E-state index is 14.2. The molecule has 0 saturated carbocycles. The molecule has 0 unspecified atom stereocenters. The Balaban J connectivity index is 1.67. The molecular formula is C34H37N3O6S. The van der Waals surface area contributed by atoms with Crippen molar-refractivity contribution in [3.8, 4) is 17.2 Å². The maximum Gasteiger partial charge on any atom is 0.244 e. The summed E-state index contributed by atoms with van der Waals surface area (Å²) >= 11 is 0. The van der Waals surface area contributed by atoms with Crippen molar-refractivity contribution >= 4 is 27.5 Å².